The molecule has 1 amide bonds. The lowest BCUT2D eigenvalue weighted by Crippen LogP contribution is -2.48. The van der Waals surface area contributed by atoms with Crippen molar-refractivity contribution in [3.05, 3.63) is 71.7 Å². The number of carbonyl (C=O) groups excluding carboxylic acids is 1. The third-order valence-electron chi connectivity index (χ3n) is 5.53. The number of hydrogen-bond donors (Lipinski definition) is 0. The molecule has 4 rings (SSSR count). The summed E-state index contributed by atoms with van der Waals surface area (Å²) in [4.78, 5) is 21.9. The molecule has 1 aliphatic heterocycles. The Labute approximate surface area is 171 Å². The van der Waals surface area contributed by atoms with Gasteiger partial charge in [0.1, 0.15) is 11.6 Å². The maximum atomic E-state index is 13.2. The van der Waals surface area contributed by atoms with Crippen LogP contribution in [-0.4, -0.2) is 53.6 Å². The summed E-state index contributed by atoms with van der Waals surface area (Å²) in [6, 6.07) is 15.9. The fourth-order valence-electron chi connectivity index (χ4n) is 3.96. The number of pyridine rings is 1. The summed E-state index contributed by atoms with van der Waals surface area (Å²) in [5.74, 6) is 1.78. The molecule has 2 aromatic heterocycles. The molecule has 1 saturated heterocycles. The van der Waals surface area contributed by atoms with Gasteiger partial charge in [0.15, 0.2) is 0 Å². The van der Waals surface area contributed by atoms with Gasteiger partial charge in [-0.15, -0.1) is 0 Å². The van der Waals surface area contributed by atoms with E-state index in [1.807, 2.05) is 65.8 Å². The number of amides is 1. The van der Waals surface area contributed by atoms with Crippen molar-refractivity contribution in [2.45, 2.75) is 13.8 Å². The number of nitrogens with zero attached hydrogens (tertiary/aromatic N) is 4. The van der Waals surface area contributed by atoms with Crippen LogP contribution in [0.25, 0.3) is 5.82 Å². The Morgan fingerprint density at radius 1 is 1.00 bits per heavy atom. The summed E-state index contributed by atoms with van der Waals surface area (Å²) in [6.07, 6.45) is 1.77. The van der Waals surface area contributed by atoms with Crippen LogP contribution >= 0.6 is 0 Å². The SMILES string of the molecule is COc1cccc(N2CCN(C(=O)c3cc(C)n(-c4ccccn4)c3C)CC2)c1. The van der Waals surface area contributed by atoms with E-state index < -0.39 is 0 Å². The lowest BCUT2D eigenvalue weighted by atomic mass is 10.2. The maximum absolute atomic E-state index is 13.2. The van der Waals surface area contributed by atoms with Gasteiger partial charge in [0, 0.05) is 55.5 Å². The Balaban J connectivity index is 1.49. The Kier molecular flexibility index (Phi) is 5.25. The van der Waals surface area contributed by atoms with Gasteiger partial charge in [-0.2, -0.15) is 0 Å². The van der Waals surface area contributed by atoms with E-state index in [1.54, 1.807) is 13.3 Å². The molecule has 6 nitrogen and oxygen atoms in total. The van der Waals surface area contributed by atoms with E-state index in [1.165, 1.54) is 0 Å². The van der Waals surface area contributed by atoms with Gasteiger partial charge >= 0.3 is 0 Å². The van der Waals surface area contributed by atoms with Crippen LogP contribution in [-0.2, 0) is 0 Å². The van der Waals surface area contributed by atoms with Crippen molar-refractivity contribution in [1.29, 1.82) is 0 Å². The highest BCUT2D eigenvalue weighted by atomic mass is 16.5. The maximum Gasteiger partial charge on any atom is 0.255 e. The first kappa shape index (κ1) is 19.1. The quantitative estimate of drug-likeness (QED) is 0.685. The Morgan fingerprint density at radius 2 is 1.79 bits per heavy atom. The number of rotatable bonds is 4. The second-order valence-electron chi connectivity index (χ2n) is 7.29. The van der Waals surface area contributed by atoms with Crippen LogP contribution in [0.5, 0.6) is 5.75 Å². The molecule has 0 atom stereocenters. The molecule has 0 unspecified atom stereocenters. The van der Waals surface area contributed by atoms with Gasteiger partial charge in [0.25, 0.3) is 5.91 Å². The van der Waals surface area contributed by atoms with Crippen LogP contribution in [0.15, 0.2) is 54.7 Å². The highest BCUT2D eigenvalue weighted by Gasteiger charge is 2.26. The second kappa shape index (κ2) is 7.99. The first-order chi connectivity index (χ1) is 14.1. The van der Waals surface area contributed by atoms with Crippen LogP contribution in [0.4, 0.5) is 5.69 Å². The predicted molar refractivity (Wildman–Crippen MR) is 114 cm³/mol. The molecule has 1 fully saturated rings. The fourth-order valence-corrected chi connectivity index (χ4v) is 3.96. The first-order valence-electron chi connectivity index (χ1n) is 9.87. The number of aryl methyl sites for hydroxylation is 1. The molecule has 0 N–H and O–H groups in total. The molecule has 1 aromatic carbocycles. The summed E-state index contributed by atoms with van der Waals surface area (Å²) < 4.78 is 7.37. The van der Waals surface area contributed by atoms with E-state index in [0.29, 0.717) is 13.1 Å². The van der Waals surface area contributed by atoms with Crippen molar-refractivity contribution in [2.75, 3.05) is 38.2 Å². The van der Waals surface area contributed by atoms with Crippen LogP contribution in [0.2, 0.25) is 0 Å². The molecule has 3 aromatic rings. The van der Waals surface area contributed by atoms with Gasteiger partial charge in [-0.3, -0.25) is 4.79 Å². The number of hydrogen-bond acceptors (Lipinski definition) is 4. The molecule has 29 heavy (non-hydrogen) atoms. The zero-order valence-electron chi connectivity index (χ0n) is 17.1. The van der Waals surface area contributed by atoms with Crippen LogP contribution in [0, 0.1) is 13.8 Å². The van der Waals surface area contributed by atoms with Crippen molar-refractivity contribution in [1.82, 2.24) is 14.5 Å². The van der Waals surface area contributed by atoms with Crippen molar-refractivity contribution < 1.29 is 9.53 Å². The van der Waals surface area contributed by atoms with Crippen molar-refractivity contribution >= 4 is 11.6 Å². The van der Waals surface area contributed by atoms with E-state index in [4.69, 9.17) is 4.74 Å². The summed E-state index contributed by atoms with van der Waals surface area (Å²) in [6.45, 7) is 7.00. The lowest BCUT2D eigenvalue weighted by molar-refractivity contribution is 0.0746. The zero-order valence-corrected chi connectivity index (χ0v) is 17.1. The number of anilines is 1. The molecule has 3 heterocycles. The van der Waals surface area contributed by atoms with Crippen LogP contribution in [0.3, 0.4) is 0 Å². The first-order valence-corrected chi connectivity index (χ1v) is 9.87. The minimum Gasteiger partial charge on any atom is -0.497 e. The van der Waals surface area contributed by atoms with Gasteiger partial charge in [-0.25, -0.2) is 4.98 Å². The molecular weight excluding hydrogens is 364 g/mol. The molecular formula is C23H26N4O2. The number of piperazine rings is 1. The molecule has 150 valence electrons. The molecule has 0 bridgehead atoms. The smallest absolute Gasteiger partial charge is 0.255 e. The minimum absolute atomic E-state index is 0.0885. The van der Waals surface area contributed by atoms with Crippen molar-refractivity contribution in [2.24, 2.45) is 0 Å². The number of carbonyl (C=O) groups is 1. The van der Waals surface area contributed by atoms with E-state index in [2.05, 4.69) is 16.0 Å². The molecule has 0 aliphatic carbocycles. The minimum atomic E-state index is 0.0885. The number of benzene rings is 1. The molecule has 0 spiro atoms. The number of ether oxygens (including phenoxy) is 1. The van der Waals surface area contributed by atoms with E-state index in [0.717, 1.165) is 47.3 Å². The highest BCUT2D eigenvalue weighted by Crippen LogP contribution is 2.24. The zero-order chi connectivity index (χ0) is 20.4. The predicted octanol–water partition coefficient (Wildman–Crippen LogP) is 3.46. The molecule has 0 saturated carbocycles. The van der Waals surface area contributed by atoms with Gasteiger partial charge in [0.2, 0.25) is 0 Å². The topological polar surface area (TPSA) is 50.6 Å². The highest BCUT2D eigenvalue weighted by molar-refractivity contribution is 5.96. The molecule has 1 aliphatic rings. The van der Waals surface area contributed by atoms with Gasteiger partial charge in [-0.05, 0) is 44.2 Å². The largest absolute Gasteiger partial charge is 0.497 e. The Morgan fingerprint density at radius 3 is 2.48 bits per heavy atom. The monoisotopic (exact) mass is 390 g/mol. The van der Waals surface area contributed by atoms with E-state index in [-0.39, 0.29) is 5.91 Å². The second-order valence-corrected chi connectivity index (χ2v) is 7.29. The summed E-state index contributed by atoms with van der Waals surface area (Å²) >= 11 is 0. The van der Waals surface area contributed by atoms with Gasteiger partial charge < -0.3 is 19.1 Å². The van der Waals surface area contributed by atoms with Gasteiger partial charge in [-0.1, -0.05) is 12.1 Å². The van der Waals surface area contributed by atoms with Gasteiger partial charge in [0.05, 0.1) is 12.7 Å². The number of methoxy groups -OCH3 is 1. The van der Waals surface area contributed by atoms with Crippen molar-refractivity contribution in [3.8, 4) is 11.6 Å². The average molecular weight is 390 g/mol. The fraction of sp³-hybridized carbons (Fsp3) is 0.304. The standard InChI is InChI=1S/C23H26N4O2/c1-17-15-21(18(2)27(17)22-9-4-5-10-24-22)23(28)26-13-11-25(12-14-26)19-7-6-8-20(16-19)29-3/h4-10,15-16H,11-14H2,1-3H3. The van der Waals surface area contributed by atoms with Crippen LogP contribution in [0.1, 0.15) is 21.7 Å². The Bertz CT molecular complexity index is 1000. The molecule has 6 heteroatoms. The van der Waals surface area contributed by atoms with E-state index in [9.17, 15) is 4.79 Å². The summed E-state index contributed by atoms with van der Waals surface area (Å²) in [5, 5.41) is 0. The summed E-state index contributed by atoms with van der Waals surface area (Å²) in [5.41, 5.74) is 3.83. The number of aromatic nitrogens is 2. The average Bonchev–Trinajstić information content (AvgIpc) is 3.07. The summed E-state index contributed by atoms with van der Waals surface area (Å²) in [7, 11) is 1.68. The lowest BCUT2D eigenvalue weighted by Gasteiger charge is -2.36. The Hall–Kier alpha value is -3.28. The third-order valence-corrected chi connectivity index (χ3v) is 5.53. The van der Waals surface area contributed by atoms with Crippen LogP contribution < -0.4 is 9.64 Å². The third kappa shape index (κ3) is 3.70. The van der Waals surface area contributed by atoms with Crippen molar-refractivity contribution in [3.63, 3.8) is 0 Å². The van der Waals surface area contributed by atoms with E-state index >= 15 is 0 Å². The molecule has 0 radical (unpaired) electrons. The normalized spacial score (nSPS) is 14.2.